The van der Waals surface area contributed by atoms with Gasteiger partial charge >= 0.3 is 5.97 Å². The molecule has 0 spiro atoms. The molecule has 2 aromatic rings. The van der Waals surface area contributed by atoms with E-state index in [1.165, 1.54) is 12.1 Å². The standard InChI is InChI=1S/C18H17NO5/c1-3-4-7-12-10-15(11(2)23-12)18(22)24-19-16(20)13-8-5-6-9-14(13)17(19)21/h5-6,8-10H,3-4,7H2,1-2H3. The fourth-order valence-electron chi connectivity index (χ4n) is 2.60. The highest BCUT2D eigenvalue weighted by molar-refractivity contribution is 6.21. The van der Waals surface area contributed by atoms with E-state index in [1.54, 1.807) is 25.1 Å². The van der Waals surface area contributed by atoms with Crippen molar-refractivity contribution in [1.82, 2.24) is 5.06 Å². The van der Waals surface area contributed by atoms with Gasteiger partial charge < -0.3 is 9.25 Å². The summed E-state index contributed by atoms with van der Waals surface area (Å²) in [7, 11) is 0. The first kappa shape index (κ1) is 16.0. The molecule has 2 amide bonds. The van der Waals surface area contributed by atoms with E-state index in [4.69, 9.17) is 9.25 Å². The molecule has 1 aliphatic rings. The van der Waals surface area contributed by atoms with E-state index in [0.29, 0.717) is 16.6 Å². The smallest absolute Gasteiger partial charge is 0.367 e. The lowest BCUT2D eigenvalue weighted by molar-refractivity contribution is -0.0585. The maximum absolute atomic E-state index is 12.3. The van der Waals surface area contributed by atoms with Gasteiger partial charge in [0.15, 0.2) is 0 Å². The molecule has 6 heteroatoms. The van der Waals surface area contributed by atoms with E-state index in [-0.39, 0.29) is 16.7 Å². The number of rotatable bonds is 5. The first-order valence-electron chi connectivity index (χ1n) is 7.82. The van der Waals surface area contributed by atoms with Gasteiger partial charge in [-0.3, -0.25) is 9.59 Å². The normalized spacial score (nSPS) is 13.3. The number of hydroxylamine groups is 2. The summed E-state index contributed by atoms with van der Waals surface area (Å²) in [6.07, 6.45) is 2.67. The van der Waals surface area contributed by atoms with Crippen LogP contribution in [0, 0.1) is 6.92 Å². The van der Waals surface area contributed by atoms with Crippen molar-refractivity contribution in [2.24, 2.45) is 0 Å². The maximum Gasteiger partial charge on any atom is 0.367 e. The summed E-state index contributed by atoms with van der Waals surface area (Å²) in [5.41, 5.74) is 0.670. The van der Waals surface area contributed by atoms with Gasteiger partial charge in [0.2, 0.25) is 0 Å². The molecular weight excluding hydrogens is 310 g/mol. The Labute approximate surface area is 139 Å². The van der Waals surface area contributed by atoms with Crippen molar-refractivity contribution in [3.8, 4) is 0 Å². The Bertz CT molecular complexity index is 786. The number of fused-ring (bicyclic) bond motifs is 1. The van der Waals surface area contributed by atoms with Crippen LogP contribution in [0.5, 0.6) is 0 Å². The minimum absolute atomic E-state index is 0.220. The summed E-state index contributed by atoms with van der Waals surface area (Å²) < 4.78 is 5.53. The van der Waals surface area contributed by atoms with Crippen molar-refractivity contribution in [2.75, 3.05) is 0 Å². The number of hydrogen-bond acceptors (Lipinski definition) is 5. The molecule has 0 saturated heterocycles. The zero-order valence-corrected chi connectivity index (χ0v) is 13.5. The van der Waals surface area contributed by atoms with Gasteiger partial charge in [0.1, 0.15) is 17.1 Å². The summed E-state index contributed by atoms with van der Waals surface area (Å²) in [6.45, 7) is 3.71. The maximum atomic E-state index is 12.3. The molecule has 1 aromatic carbocycles. The molecule has 0 atom stereocenters. The van der Waals surface area contributed by atoms with Gasteiger partial charge in [-0.25, -0.2) is 4.79 Å². The van der Waals surface area contributed by atoms with Crippen LogP contribution in [0.1, 0.15) is 62.4 Å². The number of amides is 2. The first-order valence-corrected chi connectivity index (χ1v) is 7.82. The van der Waals surface area contributed by atoms with Crippen molar-refractivity contribution in [2.45, 2.75) is 33.1 Å². The Balaban J connectivity index is 1.78. The molecule has 0 fully saturated rings. The van der Waals surface area contributed by atoms with E-state index in [0.717, 1.165) is 19.3 Å². The summed E-state index contributed by atoms with van der Waals surface area (Å²) in [5.74, 6) is -0.979. The summed E-state index contributed by atoms with van der Waals surface area (Å²) in [6, 6.07) is 7.95. The number of benzene rings is 1. The highest BCUT2D eigenvalue weighted by Crippen LogP contribution is 2.24. The number of furan rings is 1. The molecule has 1 aromatic heterocycles. The summed E-state index contributed by atoms with van der Waals surface area (Å²) in [5, 5.41) is 0.505. The topological polar surface area (TPSA) is 76.8 Å². The fourth-order valence-corrected chi connectivity index (χ4v) is 2.60. The van der Waals surface area contributed by atoms with Crippen molar-refractivity contribution in [3.05, 3.63) is 58.5 Å². The van der Waals surface area contributed by atoms with Crippen LogP contribution in [0.25, 0.3) is 0 Å². The second kappa shape index (κ2) is 6.31. The molecule has 3 rings (SSSR count). The second-order valence-electron chi connectivity index (χ2n) is 5.62. The highest BCUT2D eigenvalue weighted by Gasteiger charge is 2.39. The third-order valence-corrected chi connectivity index (χ3v) is 3.90. The molecule has 0 aliphatic carbocycles. The third-order valence-electron chi connectivity index (χ3n) is 3.90. The van der Waals surface area contributed by atoms with Crippen LogP contribution in [0.4, 0.5) is 0 Å². The van der Waals surface area contributed by atoms with Crippen molar-refractivity contribution >= 4 is 17.8 Å². The predicted molar refractivity (Wildman–Crippen MR) is 84.4 cm³/mol. The zero-order valence-electron chi connectivity index (χ0n) is 13.5. The average molecular weight is 327 g/mol. The quantitative estimate of drug-likeness (QED) is 0.788. The van der Waals surface area contributed by atoms with Crippen LogP contribution in [0.2, 0.25) is 0 Å². The van der Waals surface area contributed by atoms with Crippen LogP contribution in [-0.2, 0) is 11.3 Å². The Morgan fingerprint density at radius 2 is 1.79 bits per heavy atom. The van der Waals surface area contributed by atoms with Crippen LogP contribution < -0.4 is 0 Å². The Morgan fingerprint density at radius 1 is 1.17 bits per heavy atom. The molecule has 1 aliphatic heterocycles. The molecule has 6 nitrogen and oxygen atoms in total. The van der Waals surface area contributed by atoms with Crippen molar-refractivity contribution in [3.63, 3.8) is 0 Å². The highest BCUT2D eigenvalue weighted by atomic mass is 16.7. The molecule has 0 N–H and O–H groups in total. The predicted octanol–water partition coefficient (Wildman–Crippen LogP) is 3.30. The van der Waals surface area contributed by atoms with E-state index in [9.17, 15) is 14.4 Å². The van der Waals surface area contributed by atoms with Gasteiger partial charge in [0.05, 0.1) is 11.1 Å². The first-order chi connectivity index (χ1) is 11.5. The molecule has 0 bridgehead atoms. The summed E-state index contributed by atoms with van der Waals surface area (Å²) >= 11 is 0. The number of carbonyl (C=O) groups is 3. The minimum atomic E-state index is -0.784. The lowest BCUT2D eigenvalue weighted by Gasteiger charge is -2.12. The minimum Gasteiger partial charge on any atom is -0.465 e. The Morgan fingerprint density at radius 3 is 2.38 bits per heavy atom. The zero-order chi connectivity index (χ0) is 17.3. The number of imide groups is 1. The number of carbonyl (C=O) groups excluding carboxylic acids is 3. The van der Waals surface area contributed by atoms with E-state index < -0.39 is 17.8 Å². The van der Waals surface area contributed by atoms with Gasteiger partial charge in [0.25, 0.3) is 11.8 Å². The van der Waals surface area contributed by atoms with Gasteiger partial charge in [0, 0.05) is 6.42 Å². The Hall–Kier alpha value is -2.89. The molecule has 2 heterocycles. The van der Waals surface area contributed by atoms with Crippen LogP contribution in [0.3, 0.4) is 0 Å². The largest absolute Gasteiger partial charge is 0.465 e. The monoisotopic (exact) mass is 327 g/mol. The van der Waals surface area contributed by atoms with Crippen LogP contribution >= 0.6 is 0 Å². The molecule has 0 saturated carbocycles. The average Bonchev–Trinajstić information content (AvgIpc) is 3.07. The van der Waals surface area contributed by atoms with Gasteiger partial charge in [-0.2, -0.15) is 0 Å². The van der Waals surface area contributed by atoms with Crippen molar-refractivity contribution < 1.29 is 23.6 Å². The molecule has 24 heavy (non-hydrogen) atoms. The molecular formula is C18H17NO5. The lowest BCUT2D eigenvalue weighted by Crippen LogP contribution is -2.32. The molecule has 124 valence electrons. The van der Waals surface area contributed by atoms with Crippen LogP contribution in [0.15, 0.2) is 34.7 Å². The SMILES string of the molecule is CCCCc1cc(C(=O)ON2C(=O)c3ccccc3C2=O)c(C)o1. The molecule has 0 unspecified atom stereocenters. The molecule has 0 radical (unpaired) electrons. The number of nitrogens with zero attached hydrogens (tertiary/aromatic N) is 1. The second-order valence-corrected chi connectivity index (χ2v) is 5.62. The van der Waals surface area contributed by atoms with Crippen LogP contribution in [-0.4, -0.2) is 22.8 Å². The van der Waals surface area contributed by atoms with E-state index in [1.807, 2.05) is 0 Å². The van der Waals surface area contributed by atoms with Gasteiger partial charge in [-0.05, 0) is 31.5 Å². The van der Waals surface area contributed by atoms with Gasteiger partial charge in [-0.15, -0.1) is 0 Å². The number of aryl methyl sites for hydroxylation is 2. The third kappa shape index (κ3) is 2.71. The summed E-state index contributed by atoms with van der Waals surface area (Å²) in [4.78, 5) is 41.8. The number of unbranched alkanes of at least 4 members (excludes halogenated alkanes) is 1. The van der Waals surface area contributed by atoms with E-state index >= 15 is 0 Å². The van der Waals surface area contributed by atoms with Crippen molar-refractivity contribution in [1.29, 1.82) is 0 Å². The lowest BCUT2D eigenvalue weighted by atomic mass is 10.1. The van der Waals surface area contributed by atoms with E-state index in [2.05, 4.69) is 6.92 Å². The Kier molecular flexibility index (Phi) is 4.20. The van der Waals surface area contributed by atoms with Gasteiger partial charge in [-0.1, -0.05) is 30.5 Å². The fraction of sp³-hybridized carbons (Fsp3) is 0.278. The number of hydrogen-bond donors (Lipinski definition) is 0.